The van der Waals surface area contributed by atoms with Gasteiger partial charge in [0.25, 0.3) is 0 Å². The second-order valence-electron chi connectivity index (χ2n) is 14.7. The molecule has 4 atom stereocenters. The SMILES string of the molecule is C=C/C=C\CC1CC(CCC2(CC(C)C(=O)OCCCCO)c3ccccc3-c3ccccc32)(CC(C)C(=O)OCCCCO)c2ccccc21. The monoisotopic (exact) mass is 692 g/mol. The Morgan fingerprint density at radius 2 is 1.29 bits per heavy atom. The molecule has 2 N–H and O–H groups in total. The van der Waals surface area contributed by atoms with Crippen molar-refractivity contribution in [2.75, 3.05) is 26.4 Å². The van der Waals surface area contributed by atoms with Crippen molar-refractivity contribution in [2.45, 2.75) is 94.8 Å². The van der Waals surface area contributed by atoms with Crippen LogP contribution in [0, 0.1) is 11.8 Å². The molecule has 272 valence electrons. The number of esters is 2. The first-order chi connectivity index (χ1) is 24.8. The molecule has 3 aromatic rings. The Morgan fingerprint density at radius 1 is 0.765 bits per heavy atom. The number of unbranched alkanes of at least 4 members (excludes halogenated alkanes) is 2. The van der Waals surface area contributed by atoms with E-state index in [2.05, 4.69) is 85.5 Å². The van der Waals surface area contributed by atoms with Gasteiger partial charge < -0.3 is 19.7 Å². The van der Waals surface area contributed by atoms with Gasteiger partial charge in [-0.3, -0.25) is 9.59 Å². The topological polar surface area (TPSA) is 93.1 Å². The van der Waals surface area contributed by atoms with Crippen LogP contribution < -0.4 is 0 Å². The molecule has 6 nitrogen and oxygen atoms in total. The fraction of sp³-hybridized carbons (Fsp3) is 0.467. The lowest BCUT2D eigenvalue weighted by Gasteiger charge is -2.40. The first-order valence-corrected chi connectivity index (χ1v) is 18.9. The van der Waals surface area contributed by atoms with Gasteiger partial charge in [0.15, 0.2) is 0 Å². The van der Waals surface area contributed by atoms with Crippen LogP contribution in [0.4, 0.5) is 0 Å². The minimum absolute atomic E-state index is 0.0834. The molecule has 6 heteroatoms. The number of fused-ring (bicyclic) bond motifs is 4. The van der Waals surface area contributed by atoms with Gasteiger partial charge in [0, 0.05) is 18.6 Å². The summed E-state index contributed by atoms with van der Waals surface area (Å²) in [5.74, 6) is -0.765. The molecule has 5 rings (SSSR count). The van der Waals surface area contributed by atoms with Crippen molar-refractivity contribution < 1.29 is 29.3 Å². The highest BCUT2D eigenvalue weighted by Crippen LogP contribution is 2.59. The van der Waals surface area contributed by atoms with E-state index in [1.165, 1.54) is 33.4 Å². The highest BCUT2D eigenvalue weighted by molar-refractivity contribution is 5.82. The van der Waals surface area contributed by atoms with Crippen molar-refractivity contribution in [1.82, 2.24) is 0 Å². The lowest BCUT2D eigenvalue weighted by Crippen LogP contribution is -2.36. The summed E-state index contributed by atoms with van der Waals surface area (Å²) >= 11 is 0. The lowest BCUT2D eigenvalue weighted by molar-refractivity contribution is -0.149. The first kappa shape index (κ1) is 38.2. The molecule has 0 heterocycles. The van der Waals surface area contributed by atoms with Crippen molar-refractivity contribution in [3.05, 3.63) is 120 Å². The summed E-state index contributed by atoms with van der Waals surface area (Å²) in [7, 11) is 0. The third-order valence-electron chi connectivity index (χ3n) is 11.3. The number of allylic oxidation sites excluding steroid dienone is 3. The van der Waals surface area contributed by atoms with Crippen molar-refractivity contribution in [1.29, 1.82) is 0 Å². The first-order valence-electron chi connectivity index (χ1n) is 18.9. The number of benzene rings is 3. The van der Waals surface area contributed by atoms with E-state index in [0.717, 1.165) is 25.7 Å². The Morgan fingerprint density at radius 3 is 1.86 bits per heavy atom. The molecule has 0 spiro atoms. The third-order valence-corrected chi connectivity index (χ3v) is 11.3. The van der Waals surface area contributed by atoms with E-state index in [1.807, 2.05) is 26.0 Å². The molecule has 0 saturated carbocycles. The van der Waals surface area contributed by atoms with E-state index in [1.54, 1.807) is 0 Å². The lowest BCUT2D eigenvalue weighted by atomic mass is 9.63. The van der Waals surface area contributed by atoms with Crippen molar-refractivity contribution >= 4 is 11.9 Å². The number of ether oxygens (including phenoxy) is 2. The fourth-order valence-corrected chi connectivity index (χ4v) is 8.90. The van der Waals surface area contributed by atoms with Gasteiger partial charge in [-0.2, -0.15) is 0 Å². The quantitative estimate of drug-likeness (QED) is 0.0698. The van der Waals surface area contributed by atoms with Crippen molar-refractivity contribution in [3.8, 4) is 11.1 Å². The third kappa shape index (κ3) is 8.56. The summed E-state index contributed by atoms with van der Waals surface area (Å²) in [5.41, 5.74) is 6.84. The predicted octanol–water partition coefficient (Wildman–Crippen LogP) is 8.97. The Hall–Kier alpha value is -4.00. The maximum Gasteiger partial charge on any atom is 0.308 e. The second-order valence-corrected chi connectivity index (χ2v) is 14.7. The van der Waals surface area contributed by atoms with E-state index in [0.29, 0.717) is 57.7 Å². The van der Waals surface area contributed by atoms with Crippen LogP contribution in [0.1, 0.15) is 106 Å². The number of aliphatic hydroxyl groups is 2. The van der Waals surface area contributed by atoms with Gasteiger partial charge in [0.2, 0.25) is 0 Å². The number of hydrogen-bond donors (Lipinski definition) is 2. The highest BCUT2D eigenvalue weighted by atomic mass is 16.5. The number of aliphatic hydroxyl groups excluding tert-OH is 2. The molecule has 4 unspecified atom stereocenters. The maximum atomic E-state index is 13.5. The van der Waals surface area contributed by atoms with Crippen LogP contribution in [0.25, 0.3) is 11.1 Å². The Labute approximate surface area is 304 Å². The highest BCUT2D eigenvalue weighted by Gasteiger charge is 2.50. The molecule has 0 radical (unpaired) electrons. The summed E-state index contributed by atoms with van der Waals surface area (Å²) < 4.78 is 11.5. The molecular weight excluding hydrogens is 636 g/mol. The number of carbonyl (C=O) groups is 2. The summed E-state index contributed by atoms with van der Waals surface area (Å²) in [6, 6.07) is 26.0. The molecule has 0 saturated heterocycles. The van der Waals surface area contributed by atoms with Crippen LogP contribution in [-0.2, 0) is 29.9 Å². The zero-order chi connectivity index (χ0) is 36.3. The Bertz CT molecular complexity index is 1610. The van der Waals surface area contributed by atoms with Gasteiger partial charge in [-0.15, -0.1) is 0 Å². The van der Waals surface area contributed by atoms with Crippen LogP contribution in [0.5, 0.6) is 0 Å². The predicted molar refractivity (Wildman–Crippen MR) is 203 cm³/mol. The summed E-state index contributed by atoms with van der Waals surface area (Å²) in [4.78, 5) is 27.0. The Kier molecular flexibility index (Phi) is 13.5. The molecule has 0 amide bonds. The molecule has 2 aliphatic rings. The zero-order valence-corrected chi connectivity index (χ0v) is 30.5. The molecule has 0 aromatic heterocycles. The minimum atomic E-state index is -0.437. The average Bonchev–Trinajstić information content (AvgIpc) is 3.61. The average molecular weight is 693 g/mol. The molecule has 0 aliphatic heterocycles. The second kappa shape index (κ2) is 18.0. The number of hydrogen-bond acceptors (Lipinski definition) is 6. The molecule has 0 fully saturated rings. The van der Waals surface area contributed by atoms with E-state index < -0.39 is 5.41 Å². The molecule has 51 heavy (non-hydrogen) atoms. The largest absolute Gasteiger partial charge is 0.465 e. The summed E-state index contributed by atoms with van der Waals surface area (Å²) in [5, 5.41) is 18.4. The molecule has 3 aromatic carbocycles. The van der Waals surface area contributed by atoms with Crippen LogP contribution >= 0.6 is 0 Å². The number of rotatable bonds is 20. The van der Waals surface area contributed by atoms with Gasteiger partial charge in [0.05, 0.1) is 25.0 Å². The summed E-state index contributed by atoms with van der Waals surface area (Å²) in [6.45, 7) is 8.64. The van der Waals surface area contributed by atoms with Crippen molar-refractivity contribution in [2.24, 2.45) is 11.8 Å². The van der Waals surface area contributed by atoms with Gasteiger partial charge in [0.1, 0.15) is 0 Å². The fourth-order valence-electron chi connectivity index (χ4n) is 8.90. The zero-order valence-electron chi connectivity index (χ0n) is 30.5. The van der Waals surface area contributed by atoms with Gasteiger partial charge in [-0.1, -0.05) is 111 Å². The van der Waals surface area contributed by atoms with Crippen LogP contribution in [0.2, 0.25) is 0 Å². The van der Waals surface area contributed by atoms with Crippen LogP contribution in [0.3, 0.4) is 0 Å². The van der Waals surface area contributed by atoms with E-state index >= 15 is 0 Å². The minimum Gasteiger partial charge on any atom is -0.465 e. The molecule has 0 bridgehead atoms. The maximum absolute atomic E-state index is 13.5. The van der Waals surface area contributed by atoms with Crippen LogP contribution in [0.15, 0.2) is 97.6 Å². The molecule has 2 aliphatic carbocycles. The van der Waals surface area contributed by atoms with E-state index in [-0.39, 0.29) is 42.4 Å². The van der Waals surface area contributed by atoms with Crippen molar-refractivity contribution in [3.63, 3.8) is 0 Å². The smallest absolute Gasteiger partial charge is 0.308 e. The van der Waals surface area contributed by atoms with Crippen LogP contribution in [-0.4, -0.2) is 48.6 Å². The van der Waals surface area contributed by atoms with E-state index in [9.17, 15) is 19.8 Å². The normalized spacial score (nSPS) is 19.6. The van der Waals surface area contributed by atoms with Gasteiger partial charge in [-0.05, 0) is 109 Å². The van der Waals surface area contributed by atoms with Gasteiger partial charge in [-0.25, -0.2) is 0 Å². The number of carbonyl (C=O) groups excluding carboxylic acids is 2. The van der Waals surface area contributed by atoms with E-state index in [4.69, 9.17) is 9.47 Å². The van der Waals surface area contributed by atoms with Gasteiger partial charge >= 0.3 is 11.9 Å². The standard InChI is InChI=1S/C45H56O6/c1-4-5-6-17-35-32-44(39-21-10-7-18-36(35)39,30-33(2)42(48)50-28-15-13-26-46)24-25-45(31-34(3)43(49)51-29-16-14-27-47)40-22-11-8-19-37(40)38-20-9-12-23-41(38)45/h4-12,18-23,33-35,46-47H,1,13-17,24-32H2,2-3H3/b6-5-. The molecular formula is C45H56O6. The summed E-state index contributed by atoms with van der Waals surface area (Å²) in [6.07, 6.45) is 13.2. The Balaban J connectivity index is 1.54.